The van der Waals surface area contributed by atoms with Gasteiger partial charge in [0.25, 0.3) is 5.56 Å². The van der Waals surface area contributed by atoms with Crippen LogP contribution in [0.1, 0.15) is 18.2 Å². The number of hydrogen-bond donors (Lipinski definition) is 1. The molecule has 1 aromatic heterocycles. The van der Waals surface area contributed by atoms with Crippen LogP contribution in [0, 0.1) is 6.92 Å². The Balaban J connectivity index is 2.15. The Morgan fingerprint density at radius 3 is 2.78 bits per heavy atom. The number of primary amides is 1. The number of aryl methyl sites for hydroxylation is 1. The third kappa shape index (κ3) is 3.30. The summed E-state index contributed by atoms with van der Waals surface area (Å²) < 4.78 is 1.58. The minimum Gasteiger partial charge on any atom is -0.369 e. The van der Waals surface area contributed by atoms with Crippen LogP contribution in [-0.4, -0.2) is 26.5 Å². The second kappa shape index (κ2) is 6.41. The third-order valence-corrected chi connectivity index (χ3v) is 5.69. The van der Waals surface area contributed by atoms with Crippen LogP contribution < -0.4 is 11.3 Å². The second-order valence-corrected chi connectivity index (χ2v) is 7.93. The number of nitrogens with zero attached hydrogens (tertiary/aromatic N) is 2. The lowest BCUT2D eigenvalue weighted by atomic mass is 10.2. The molecule has 1 atom stereocenters. The molecule has 0 fully saturated rings. The van der Waals surface area contributed by atoms with Crippen LogP contribution in [0.15, 0.2) is 39.1 Å². The van der Waals surface area contributed by atoms with Gasteiger partial charge in [0.05, 0.1) is 22.0 Å². The molecule has 0 aliphatic carbocycles. The molecule has 0 bridgehead atoms. The Labute approximate surface area is 142 Å². The summed E-state index contributed by atoms with van der Waals surface area (Å²) in [6.45, 7) is 4.08. The van der Waals surface area contributed by atoms with E-state index >= 15 is 0 Å². The zero-order chi connectivity index (χ0) is 16.6. The summed E-state index contributed by atoms with van der Waals surface area (Å²) >= 11 is 2.77. The lowest BCUT2D eigenvalue weighted by Gasteiger charge is -2.13. The highest BCUT2D eigenvalue weighted by Gasteiger charge is 2.26. The van der Waals surface area contributed by atoms with Crippen molar-refractivity contribution in [2.45, 2.75) is 35.6 Å². The quantitative estimate of drug-likeness (QED) is 0.677. The normalized spacial score (nSPS) is 16.3. The predicted molar refractivity (Wildman–Crippen MR) is 93.5 cm³/mol. The Bertz CT molecular complexity index is 815. The zero-order valence-corrected chi connectivity index (χ0v) is 14.5. The number of rotatable bonds is 4. The first-order valence-electron chi connectivity index (χ1n) is 7.26. The molecule has 0 spiro atoms. The van der Waals surface area contributed by atoms with Crippen molar-refractivity contribution in [2.24, 2.45) is 5.73 Å². The van der Waals surface area contributed by atoms with E-state index in [9.17, 15) is 9.59 Å². The fourth-order valence-electron chi connectivity index (χ4n) is 2.45. The first-order valence-corrected chi connectivity index (χ1v) is 9.13. The van der Waals surface area contributed by atoms with Crippen LogP contribution in [0.4, 0.5) is 0 Å². The molecule has 5 nitrogen and oxygen atoms in total. The van der Waals surface area contributed by atoms with Crippen molar-refractivity contribution in [3.8, 4) is 5.69 Å². The molecular formula is C16H17N3O2S2. The van der Waals surface area contributed by atoms with E-state index in [0.29, 0.717) is 15.3 Å². The standard InChI is InChI=1S/C16H17N3O2S2/c1-9-3-5-11(6-4-9)19-15(21)14-12(7-10(2)23-14)18-16(19)22-8-13(17)20/h3-6,10H,7-8H2,1-2H3,(H2,17,20)/t10-/m1/s1. The van der Waals surface area contributed by atoms with Crippen molar-refractivity contribution in [3.05, 3.63) is 45.9 Å². The summed E-state index contributed by atoms with van der Waals surface area (Å²) in [5, 5.41) is 0.860. The number of nitrogens with two attached hydrogens (primary N) is 1. The molecule has 1 aromatic carbocycles. The van der Waals surface area contributed by atoms with Crippen molar-refractivity contribution in [3.63, 3.8) is 0 Å². The number of thioether (sulfide) groups is 2. The maximum Gasteiger partial charge on any atom is 0.272 e. The molecular weight excluding hydrogens is 330 g/mol. The molecule has 1 aliphatic heterocycles. The number of carbonyl (C=O) groups excluding carboxylic acids is 1. The molecule has 120 valence electrons. The number of aromatic nitrogens is 2. The van der Waals surface area contributed by atoms with Crippen LogP contribution in [0.25, 0.3) is 5.69 Å². The highest BCUT2D eigenvalue weighted by Crippen LogP contribution is 2.34. The summed E-state index contributed by atoms with van der Waals surface area (Å²) in [4.78, 5) is 29.4. The molecule has 23 heavy (non-hydrogen) atoms. The topological polar surface area (TPSA) is 78.0 Å². The highest BCUT2D eigenvalue weighted by atomic mass is 32.2. The van der Waals surface area contributed by atoms with Crippen LogP contribution in [-0.2, 0) is 11.2 Å². The van der Waals surface area contributed by atoms with Gasteiger partial charge in [-0.25, -0.2) is 4.98 Å². The fourth-order valence-corrected chi connectivity index (χ4v) is 4.32. The zero-order valence-electron chi connectivity index (χ0n) is 12.9. The monoisotopic (exact) mass is 347 g/mol. The average molecular weight is 347 g/mol. The molecule has 7 heteroatoms. The van der Waals surface area contributed by atoms with Crippen LogP contribution in [0.5, 0.6) is 0 Å². The second-order valence-electron chi connectivity index (χ2n) is 5.53. The van der Waals surface area contributed by atoms with Crippen LogP contribution in [0.2, 0.25) is 0 Å². The summed E-state index contributed by atoms with van der Waals surface area (Å²) in [5.41, 5.74) is 7.86. The summed E-state index contributed by atoms with van der Waals surface area (Å²) in [6.07, 6.45) is 0.772. The van der Waals surface area contributed by atoms with E-state index in [-0.39, 0.29) is 11.3 Å². The SMILES string of the molecule is Cc1ccc(-n2c(SCC(N)=O)nc3c(c2=O)S[C@H](C)C3)cc1. The molecule has 2 aromatic rings. The van der Waals surface area contributed by atoms with Gasteiger partial charge in [0.1, 0.15) is 0 Å². The molecule has 2 heterocycles. The lowest BCUT2D eigenvalue weighted by Crippen LogP contribution is -2.24. The molecule has 3 rings (SSSR count). The van der Waals surface area contributed by atoms with Gasteiger partial charge in [-0.1, -0.05) is 36.4 Å². The maximum atomic E-state index is 12.9. The van der Waals surface area contributed by atoms with Gasteiger partial charge >= 0.3 is 0 Å². The van der Waals surface area contributed by atoms with E-state index in [1.165, 1.54) is 11.8 Å². The molecule has 1 aliphatic rings. The summed E-state index contributed by atoms with van der Waals surface area (Å²) in [5.74, 6) is -0.331. The van der Waals surface area contributed by atoms with Crippen molar-refractivity contribution in [2.75, 3.05) is 5.75 Å². The van der Waals surface area contributed by atoms with Gasteiger partial charge in [-0.15, -0.1) is 11.8 Å². The van der Waals surface area contributed by atoms with Gasteiger partial charge in [-0.05, 0) is 19.1 Å². The number of fused-ring (bicyclic) bond motifs is 1. The van der Waals surface area contributed by atoms with Gasteiger partial charge in [-0.2, -0.15) is 0 Å². The molecule has 2 N–H and O–H groups in total. The van der Waals surface area contributed by atoms with Gasteiger partial charge < -0.3 is 5.73 Å². The molecule has 0 radical (unpaired) electrons. The van der Waals surface area contributed by atoms with E-state index in [4.69, 9.17) is 5.73 Å². The number of hydrogen-bond acceptors (Lipinski definition) is 5. The first-order chi connectivity index (χ1) is 11.0. The minimum atomic E-state index is -0.428. The van der Waals surface area contributed by atoms with Crippen LogP contribution in [0.3, 0.4) is 0 Å². The van der Waals surface area contributed by atoms with E-state index in [2.05, 4.69) is 11.9 Å². The smallest absolute Gasteiger partial charge is 0.272 e. The third-order valence-electron chi connectivity index (χ3n) is 3.52. The molecule has 0 saturated heterocycles. The first kappa shape index (κ1) is 16.1. The summed E-state index contributed by atoms with van der Waals surface area (Å²) in [7, 11) is 0. The summed E-state index contributed by atoms with van der Waals surface area (Å²) in [6, 6.07) is 7.69. The van der Waals surface area contributed by atoms with Gasteiger partial charge in [0.2, 0.25) is 5.91 Å². The Hall–Kier alpha value is -1.73. The predicted octanol–water partition coefficient (Wildman–Crippen LogP) is 2.16. The lowest BCUT2D eigenvalue weighted by molar-refractivity contribution is -0.115. The number of benzene rings is 1. The van der Waals surface area contributed by atoms with Gasteiger partial charge in [0, 0.05) is 11.7 Å². The van der Waals surface area contributed by atoms with Crippen molar-refractivity contribution in [1.29, 1.82) is 0 Å². The van der Waals surface area contributed by atoms with Crippen molar-refractivity contribution >= 4 is 29.4 Å². The number of carbonyl (C=O) groups is 1. The fraction of sp³-hybridized carbons (Fsp3) is 0.312. The molecule has 0 unspecified atom stereocenters. The van der Waals surface area contributed by atoms with E-state index in [1.54, 1.807) is 16.3 Å². The van der Waals surface area contributed by atoms with E-state index in [1.807, 2.05) is 31.2 Å². The average Bonchev–Trinajstić information content (AvgIpc) is 2.87. The largest absolute Gasteiger partial charge is 0.369 e. The highest BCUT2D eigenvalue weighted by molar-refractivity contribution is 8.00. The molecule has 0 saturated carbocycles. The minimum absolute atomic E-state index is 0.0693. The van der Waals surface area contributed by atoms with E-state index < -0.39 is 5.91 Å². The Morgan fingerprint density at radius 2 is 2.13 bits per heavy atom. The molecule has 1 amide bonds. The number of amides is 1. The Kier molecular flexibility index (Phi) is 4.50. The van der Waals surface area contributed by atoms with Crippen molar-refractivity contribution in [1.82, 2.24) is 9.55 Å². The maximum absolute atomic E-state index is 12.9. The van der Waals surface area contributed by atoms with E-state index in [0.717, 1.165) is 23.4 Å². The van der Waals surface area contributed by atoms with Crippen molar-refractivity contribution < 1.29 is 4.79 Å². The van der Waals surface area contributed by atoms with Gasteiger partial charge in [-0.3, -0.25) is 14.2 Å². The Morgan fingerprint density at radius 1 is 1.43 bits per heavy atom. The van der Waals surface area contributed by atoms with Crippen LogP contribution >= 0.6 is 23.5 Å². The van der Waals surface area contributed by atoms with Gasteiger partial charge in [0.15, 0.2) is 5.16 Å².